The van der Waals surface area contributed by atoms with Gasteiger partial charge in [0.15, 0.2) is 0 Å². The first kappa shape index (κ1) is 9.23. The number of esters is 1. The highest BCUT2D eigenvalue weighted by Crippen LogP contribution is 2.14. The van der Waals surface area contributed by atoms with E-state index < -0.39 is 0 Å². The van der Waals surface area contributed by atoms with Crippen LogP contribution in [0, 0.1) is 5.92 Å². The number of carbonyl (C=O) groups is 2. The molecule has 1 aliphatic rings. The van der Waals surface area contributed by atoms with E-state index in [0.717, 1.165) is 6.42 Å². The van der Waals surface area contributed by atoms with Gasteiger partial charge < -0.3 is 4.74 Å². The van der Waals surface area contributed by atoms with Crippen molar-refractivity contribution in [2.75, 3.05) is 6.61 Å². The molecule has 1 aliphatic heterocycles. The molecule has 1 rings (SSSR count). The van der Waals surface area contributed by atoms with Crippen LogP contribution in [-0.4, -0.2) is 18.4 Å². The van der Waals surface area contributed by atoms with Gasteiger partial charge in [0, 0.05) is 19.3 Å². The van der Waals surface area contributed by atoms with Crippen molar-refractivity contribution >= 4 is 11.8 Å². The van der Waals surface area contributed by atoms with Crippen molar-refractivity contribution in [2.24, 2.45) is 5.92 Å². The third-order valence-corrected chi connectivity index (χ3v) is 2.08. The van der Waals surface area contributed by atoms with Crippen molar-refractivity contribution in [1.29, 1.82) is 0 Å². The second-order valence-electron chi connectivity index (χ2n) is 3.36. The molecule has 1 fully saturated rings. The maximum absolute atomic E-state index is 11.0. The van der Waals surface area contributed by atoms with Crippen LogP contribution in [-0.2, 0) is 14.3 Å². The quantitative estimate of drug-likeness (QED) is 0.515. The Bertz CT molecular complexity index is 186. The van der Waals surface area contributed by atoms with E-state index in [4.69, 9.17) is 4.74 Å². The number of cyclic esters (lactones) is 1. The molecule has 0 spiro atoms. The highest BCUT2D eigenvalue weighted by Gasteiger charge is 2.15. The standard InChI is InChI=1S/C9H14O3/c1-7-2-3-8(10)4-5-12-9(11)6-7/h7H,2-6H2,1H3. The van der Waals surface area contributed by atoms with Crippen molar-refractivity contribution in [2.45, 2.75) is 32.6 Å². The van der Waals surface area contributed by atoms with Crippen molar-refractivity contribution < 1.29 is 14.3 Å². The minimum atomic E-state index is -0.169. The summed E-state index contributed by atoms with van der Waals surface area (Å²) < 4.78 is 4.84. The Morgan fingerprint density at radius 1 is 1.33 bits per heavy atom. The highest BCUT2D eigenvalue weighted by molar-refractivity contribution is 5.79. The molecule has 68 valence electrons. The zero-order valence-corrected chi connectivity index (χ0v) is 7.34. The summed E-state index contributed by atoms with van der Waals surface area (Å²) in [5, 5.41) is 0. The fourth-order valence-electron chi connectivity index (χ4n) is 1.26. The molecule has 0 radical (unpaired) electrons. The lowest BCUT2D eigenvalue weighted by Gasteiger charge is -2.06. The Hall–Kier alpha value is -0.860. The lowest BCUT2D eigenvalue weighted by molar-refractivity contribution is -0.144. The molecule has 3 nitrogen and oxygen atoms in total. The normalized spacial score (nSPS) is 26.9. The van der Waals surface area contributed by atoms with Crippen LogP contribution in [0.5, 0.6) is 0 Å². The van der Waals surface area contributed by atoms with Gasteiger partial charge in [-0.25, -0.2) is 0 Å². The summed E-state index contributed by atoms with van der Waals surface area (Å²) in [5.41, 5.74) is 0. The van der Waals surface area contributed by atoms with E-state index in [0.29, 0.717) is 19.3 Å². The zero-order chi connectivity index (χ0) is 8.97. The summed E-state index contributed by atoms with van der Waals surface area (Å²) in [6, 6.07) is 0. The SMILES string of the molecule is CC1CCC(=O)CCOC(=O)C1. The van der Waals surface area contributed by atoms with Crippen molar-refractivity contribution in [3.8, 4) is 0 Å². The largest absolute Gasteiger partial charge is 0.465 e. The molecule has 3 heteroatoms. The van der Waals surface area contributed by atoms with Gasteiger partial charge in [-0.15, -0.1) is 0 Å². The third-order valence-electron chi connectivity index (χ3n) is 2.08. The first-order valence-corrected chi connectivity index (χ1v) is 4.36. The maximum Gasteiger partial charge on any atom is 0.306 e. The molecule has 1 saturated heterocycles. The average Bonchev–Trinajstić information content (AvgIpc) is 2.05. The number of hydrogen-bond donors (Lipinski definition) is 0. The first-order valence-electron chi connectivity index (χ1n) is 4.36. The summed E-state index contributed by atoms with van der Waals surface area (Å²) in [7, 11) is 0. The second-order valence-corrected chi connectivity index (χ2v) is 3.36. The van der Waals surface area contributed by atoms with Gasteiger partial charge in [0.05, 0.1) is 6.61 Å². The van der Waals surface area contributed by atoms with E-state index in [1.807, 2.05) is 6.92 Å². The number of rotatable bonds is 0. The molecule has 0 aromatic rings. The monoisotopic (exact) mass is 170 g/mol. The van der Waals surface area contributed by atoms with Crippen LogP contribution in [0.15, 0.2) is 0 Å². The Morgan fingerprint density at radius 3 is 2.83 bits per heavy atom. The smallest absolute Gasteiger partial charge is 0.306 e. The minimum Gasteiger partial charge on any atom is -0.465 e. The summed E-state index contributed by atoms with van der Waals surface area (Å²) in [6.07, 6.45) is 2.25. The minimum absolute atomic E-state index is 0.169. The van der Waals surface area contributed by atoms with Crippen LogP contribution < -0.4 is 0 Å². The molecule has 0 aromatic heterocycles. The van der Waals surface area contributed by atoms with Gasteiger partial charge in [-0.05, 0) is 12.3 Å². The zero-order valence-electron chi connectivity index (χ0n) is 7.34. The number of Topliss-reactive ketones (excluding diaryl/α,β-unsaturated/α-hetero) is 1. The first-order chi connectivity index (χ1) is 5.68. The fraction of sp³-hybridized carbons (Fsp3) is 0.778. The van der Waals surface area contributed by atoms with Crippen LogP contribution >= 0.6 is 0 Å². The fourth-order valence-corrected chi connectivity index (χ4v) is 1.26. The van der Waals surface area contributed by atoms with E-state index in [9.17, 15) is 9.59 Å². The van der Waals surface area contributed by atoms with E-state index in [2.05, 4.69) is 0 Å². The topological polar surface area (TPSA) is 43.4 Å². The Morgan fingerprint density at radius 2 is 2.08 bits per heavy atom. The molecule has 1 heterocycles. The number of ether oxygens (including phenoxy) is 1. The molecule has 0 aliphatic carbocycles. The van der Waals surface area contributed by atoms with Crippen molar-refractivity contribution in [1.82, 2.24) is 0 Å². The second kappa shape index (κ2) is 4.24. The molecule has 0 bridgehead atoms. The van der Waals surface area contributed by atoms with Crippen molar-refractivity contribution in [3.05, 3.63) is 0 Å². The van der Waals surface area contributed by atoms with Gasteiger partial charge >= 0.3 is 5.97 Å². The van der Waals surface area contributed by atoms with E-state index in [-0.39, 0.29) is 24.3 Å². The van der Waals surface area contributed by atoms with Gasteiger partial charge in [0.25, 0.3) is 0 Å². The average molecular weight is 170 g/mol. The number of hydrogen-bond acceptors (Lipinski definition) is 3. The predicted octanol–water partition coefficient (Wildman–Crippen LogP) is 1.31. The lowest BCUT2D eigenvalue weighted by atomic mass is 10.0. The third kappa shape index (κ3) is 3.03. The van der Waals surface area contributed by atoms with Gasteiger partial charge in [0.1, 0.15) is 5.78 Å². The van der Waals surface area contributed by atoms with Gasteiger partial charge in [-0.1, -0.05) is 6.92 Å². The molecule has 0 amide bonds. The number of ketones is 1. The maximum atomic E-state index is 11.0. The van der Waals surface area contributed by atoms with Crippen LogP contribution in [0.1, 0.15) is 32.6 Å². The molecule has 1 unspecified atom stereocenters. The van der Waals surface area contributed by atoms with Gasteiger partial charge in [-0.2, -0.15) is 0 Å². The molecule has 0 saturated carbocycles. The summed E-state index contributed by atoms with van der Waals surface area (Å²) in [4.78, 5) is 22.0. The molecule has 0 aromatic carbocycles. The summed E-state index contributed by atoms with van der Waals surface area (Å²) in [5.74, 6) is 0.313. The predicted molar refractivity (Wildman–Crippen MR) is 43.6 cm³/mol. The summed E-state index contributed by atoms with van der Waals surface area (Å²) in [6.45, 7) is 2.24. The lowest BCUT2D eigenvalue weighted by Crippen LogP contribution is -2.08. The molecular formula is C9H14O3. The van der Waals surface area contributed by atoms with Crippen molar-refractivity contribution in [3.63, 3.8) is 0 Å². The van der Waals surface area contributed by atoms with E-state index in [1.165, 1.54) is 0 Å². The molecular weight excluding hydrogens is 156 g/mol. The van der Waals surface area contributed by atoms with Crippen LogP contribution in [0.4, 0.5) is 0 Å². The molecule has 12 heavy (non-hydrogen) atoms. The van der Waals surface area contributed by atoms with E-state index >= 15 is 0 Å². The van der Waals surface area contributed by atoms with Gasteiger partial charge in [-0.3, -0.25) is 9.59 Å². The Balaban J connectivity index is 2.46. The van der Waals surface area contributed by atoms with E-state index in [1.54, 1.807) is 0 Å². The summed E-state index contributed by atoms with van der Waals surface area (Å²) >= 11 is 0. The number of carbonyl (C=O) groups excluding carboxylic acids is 2. The van der Waals surface area contributed by atoms with Gasteiger partial charge in [0.2, 0.25) is 0 Å². The van der Waals surface area contributed by atoms with Crippen LogP contribution in [0.3, 0.4) is 0 Å². The Labute approximate surface area is 72.1 Å². The molecule has 0 N–H and O–H groups in total. The van der Waals surface area contributed by atoms with Crippen LogP contribution in [0.2, 0.25) is 0 Å². The Kier molecular flexibility index (Phi) is 3.26. The molecule has 1 atom stereocenters. The van der Waals surface area contributed by atoms with Crippen LogP contribution in [0.25, 0.3) is 0 Å². The highest BCUT2D eigenvalue weighted by atomic mass is 16.5.